The molecule has 2 heteroatoms. The molecule has 522 valence electrons. The van der Waals surface area contributed by atoms with E-state index in [0.717, 1.165) is 67.5 Å². The molecule has 18 aromatic carbocycles. The Labute approximate surface area is 654 Å². The molecule has 4 aliphatic rings. The maximum absolute atomic E-state index is 2.57. The quantitative estimate of drug-likeness (QED) is 0.127. The van der Waals surface area contributed by atoms with Crippen LogP contribution in [0.25, 0.3) is 122 Å². The molecular weight excluding hydrogens is 1350 g/mol. The SMILES string of the molecule is c1ccc(-c2ccccc2-c2ccc3c(c2)C2(c4ccccc4-c4ccccc42)c2cc(-c4ccccc4-c4ccccc4)ccc2N3c2cccc(-c3cccc(N4c5ccc(-c6ccccc6-c6ccccc6)cc5C5(c6ccccc6-c6ccccc65)c5cc(-c6ccccc6-c6ccccc6)ccc54)c3)c2)cc1. The number of hydrogen-bond donors (Lipinski definition) is 0. The van der Waals surface area contributed by atoms with Crippen molar-refractivity contribution in [1.29, 1.82) is 0 Å². The minimum atomic E-state index is -0.740. The molecule has 0 radical (unpaired) electrons. The fourth-order valence-electron chi connectivity index (χ4n) is 19.6. The third-order valence-corrected chi connectivity index (χ3v) is 24.3. The lowest BCUT2D eigenvalue weighted by Crippen LogP contribution is -2.36. The van der Waals surface area contributed by atoms with Gasteiger partial charge in [0.15, 0.2) is 0 Å². The molecule has 0 unspecified atom stereocenters. The smallest absolute Gasteiger partial charge is 0.0754 e. The van der Waals surface area contributed by atoms with Crippen LogP contribution in [0, 0.1) is 0 Å². The van der Waals surface area contributed by atoms with Crippen molar-refractivity contribution in [2.45, 2.75) is 10.8 Å². The highest BCUT2D eigenvalue weighted by molar-refractivity contribution is 6.03. The van der Waals surface area contributed by atoms with Gasteiger partial charge < -0.3 is 9.80 Å². The zero-order chi connectivity index (χ0) is 73.9. The lowest BCUT2D eigenvalue weighted by molar-refractivity contribution is 0.753. The van der Waals surface area contributed by atoms with Crippen molar-refractivity contribution in [2.75, 3.05) is 9.80 Å². The highest BCUT2D eigenvalue weighted by Gasteiger charge is 2.54. The number of anilines is 6. The van der Waals surface area contributed by atoms with Gasteiger partial charge in [0.1, 0.15) is 0 Å². The Morgan fingerprint density at radius 3 is 0.562 bits per heavy atom. The summed E-state index contributed by atoms with van der Waals surface area (Å²) in [4.78, 5) is 5.14. The Kier molecular flexibility index (Phi) is 15.1. The first kappa shape index (κ1) is 64.7. The number of rotatable bonds is 11. The van der Waals surface area contributed by atoms with Crippen LogP contribution < -0.4 is 9.80 Å². The van der Waals surface area contributed by atoms with E-state index in [1.54, 1.807) is 0 Å². The average Bonchev–Trinajstić information content (AvgIpc) is 1.47. The topological polar surface area (TPSA) is 6.48 Å². The van der Waals surface area contributed by atoms with Gasteiger partial charge in [0, 0.05) is 11.4 Å². The Morgan fingerprint density at radius 2 is 0.321 bits per heavy atom. The first-order valence-corrected chi connectivity index (χ1v) is 38.9. The van der Waals surface area contributed by atoms with Crippen molar-refractivity contribution < 1.29 is 0 Å². The number of hydrogen-bond acceptors (Lipinski definition) is 2. The Bertz CT molecular complexity index is 6000. The normalized spacial score (nSPS) is 13.3. The van der Waals surface area contributed by atoms with Gasteiger partial charge in [-0.2, -0.15) is 0 Å². The summed E-state index contributed by atoms with van der Waals surface area (Å²) < 4.78 is 0. The van der Waals surface area contributed by atoms with Crippen LogP contribution in [0.3, 0.4) is 0 Å². The highest BCUT2D eigenvalue weighted by atomic mass is 15.2. The van der Waals surface area contributed by atoms with Crippen LogP contribution >= 0.6 is 0 Å². The molecular formula is C110H72N2. The van der Waals surface area contributed by atoms with Crippen LogP contribution in [0.5, 0.6) is 0 Å². The lowest BCUT2D eigenvalue weighted by Gasteiger charge is -2.45. The molecule has 18 aromatic rings. The van der Waals surface area contributed by atoms with E-state index in [2.05, 4.69) is 447 Å². The standard InChI is InChI=1S/C110H72N2/c1-5-31-73(32-6-1)85-43-13-17-47-89(85)79-59-63-105-101(69-79)109(97-55-25-21-51-93(97)94-52-22-26-56-98(94)109)102-70-80(90-48-18-14-44-86(90)74-33-7-2-8-34-74)60-64-106(102)111(105)83-41-29-39-77(67-83)78-40-30-42-84(68-78)112-107-65-61-81(91-49-19-15-45-87(91)75-35-9-3-10-36-75)71-103(107)110(99-57-27-23-53-95(99)96-54-24-28-58-100(96)110)104-72-82(62-66-108(104)112)92-50-20-16-46-88(92)76-37-11-4-12-38-76/h1-72H. The summed E-state index contributed by atoms with van der Waals surface area (Å²) in [6.07, 6.45) is 0. The summed E-state index contributed by atoms with van der Waals surface area (Å²) in [5.74, 6) is 0. The summed E-state index contributed by atoms with van der Waals surface area (Å²) >= 11 is 0. The Morgan fingerprint density at radius 1 is 0.125 bits per heavy atom. The van der Waals surface area contributed by atoms with E-state index in [0.29, 0.717) is 0 Å². The number of fused-ring (bicyclic) bond motifs is 18. The van der Waals surface area contributed by atoms with Crippen molar-refractivity contribution in [1.82, 2.24) is 0 Å². The van der Waals surface area contributed by atoms with E-state index in [1.165, 1.54) is 134 Å². The van der Waals surface area contributed by atoms with Crippen molar-refractivity contribution in [3.8, 4) is 122 Å². The summed E-state index contributed by atoms with van der Waals surface area (Å²) in [5.41, 5.74) is 41.3. The first-order chi connectivity index (χ1) is 55.6. The van der Waals surface area contributed by atoms with Crippen LogP contribution in [0.1, 0.15) is 44.5 Å². The van der Waals surface area contributed by atoms with Gasteiger partial charge in [-0.1, -0.05) is 364 Å². The summed E-state index contributed by atoms with van der Waals surface area (Å²) in [6.45, 7) is 0. The highest BCUT2D eigenvalue weighted by Crippen LogP contribution is 2.67. The van der Waals surface area contributed by atoms with Gasteiger partial charge in [0.2, 0.25) is 0 Å². The van der Waals surface area contributed by atoms with Gasteiger partial charge in [-0.15, -0.1) is 0 Å². The predicted molar refractivity (Wildman–Crippen MR) is 466 cm³/mol. The van der Waals surface area contributed by atoms with E-state index in [1.807, 2.05) is 0 Å². The second-order valence-electron chi connectivity index (χ2n) is 30.0. The number of nitrogens with zero attached hydrogens (tertiary/aromatic N) is 2. The molecule has 0 bridgehead atoms. The zero-order valence-corrected chi connectivity index (χ0v) is 61.5. The van der Waals surface area contributed by atoms with Gasteiger partial charge >= 0.3 is 0 Å². The molecule has 0 N–H and O–H groups in total. The molecule has 22 rings (SSSR count). The second-order valence-corrected chi connectivity index (χ2v) is 30.0. The van der Waals surface area contributed by atoms with E-state index < -0.39 is 10.8 Å². The van der Waals surface area contributed by atoms with Gasteiger partial charge in [0.05, 0.1) is 33.6 Å². The Hall–Kier alpha value is -14.4. The van der Waals surface area contributed by atoms with E-state index in [4.69, 9.17) is 0 Å². The monoisotopic (exact) mass is 1420 g/mol. The lowest BCUT2D eigenvalue weighted by atomic mass is 9.64. The second kappa shape index (κ2) is 26.2. The maximum Gasteiger partial charge on any atom is 0.0754 e. The molecule has 0 fully saturated rings. The van der Waals surface area contributed by atoms with Crippen molar-refractivity contribution >= 4 is 34.1 Å². The molecule has 2 nitrogen and oxygen atoms in total. The minimum Gasteiger partial charge on any atom is -0.310 e. The molecule has 0 aromatic heterocycles. The van der Waals surface area contributed by atoms with Crippen LogP contribution in [0.15, 0.2) is 437 Å². The molecule has 0 atom stereocenters. The van der Waals surface area contributed by atoms with Crippen LogP contribution in [-0.2, 0) is 10.8 Å². The molecule has 0 saturated carbocycles. The third kappa shape index (κ3) is 9.92. The first-order valence-electron chi connectivity index (χ1n) is 38.9. The summed E-state index contributed by atoms with van der Waals surface area (Å²) in [7, 11) is 0. The van der Waals surface area contributed by atoms with Crippen LogP contribution in [0.2, 0.25) is 0 Å². The van der Waals surface area contributed by atoms with Gasteiger partial charge in [-0.3, -0.25) is 0 Å². The molecule has 2 heterocycles. The fraction of sp³-hybridized carbons (Fsp3) is 0.0182. The van der Waals surface area contributed by atoms with Crippen molar-refractivity contribution in [3.63, 3.8) is 0 Å². The third-order valence-electron chi connectivity index (χ3n) is 24.3. The van der Waals surface area contributed by atoms with Crippen LogP contribution in [-0.4, -0.2) is 0 Å². The summed E-state index contributed by atoms with van der Waals surface area (Å²) in [6, 6.07) is 164. The molecule has 112 heavy (non-hydrogen) atoms. The molecule has 2 spiro atoms. The zero-order valence-electron chi connectivity index (χ0n) is 61.5. The largest absolute Gasteiger partial charge is 0.310 e. The summed E-state index contributed by atoms with van der Waals surface area (Å²) in [5, 5.41) is 0. The molecule has 2 aliphatic heterocycles. The van der Waals surface area contributed by atoms with E-state index in [9.17, 15) is 0 Å². The van der Waals surface area contributed by atoms with Gasteiger partial charge in [-0.05, 0) is 240 Å². The van der Waals surface area contributed by atoms with Gasteiger partial charge in [-0.25, -0.2) is 0 Å². The average molecular weight is 1420 g/mol. The van der Waals surface area contributed by atoms with Crippen molar-refractivity contribution in [2.24, 2.45) is 0 Å². The molecule has 0 amide bonds. The fourth-order valence-corrected chi connectivity index (χ4v) is 19.6. The maximum atomic E-state index is 2.57. The van der Waals surface area contributed by atoms with E-state index >= 15 is 0 Å². The number of benzene rings is 18. The van der Waals surface area contributed by atoms with Crippen molar-refractivity contribution in [3.05, 3.63) is 481 Å². The predicted octanol–water partition coefficient (Wildman–Crippen LogP) is 29.0. The Balaban J connectivity index is 0.764. The van der Waals surface area contributed by atoms with Gasteiger partial charge in [0.25, 0.3) is 0 Å². The van der Waals surface area contributed by atoms with E-state index in [-0.39, 0.29) is 0 Å². The van der Waals surface area contributed by atoms with Crippen LogP contribution in [0.4, 0.5) is 34.1 Å². The molecule has 0 saturated heterocycles. The minimum absolute atomic E-state index is 0.740. The molecule has 2 aliphatic carbocycles.